The second-order valence-corrected chi connectivity index (χ2v) is 5.60. The van der Waals surface area contributed by atoms with Crippen LogP contribution in [0, 0.1) is 0 Å². The first kappa shape index (κ1) is 17.5. The molecule has 0 aromatic carbocycles. The lowest BCUT2D eigenvalue weighted by Gasteiger charge is -2.19. The maximum atomic E-state index is 11.9. The molecule has 7 heteroatoms. The lowest BCUT2D eigenvalue weighted by molar-refractivity contribution is -0.139. The van der Waals surface area contributed by atoms with Crippen LogP contribution in [0.1, 0.15) is 37.1 Å². The van der Waals surface area contributed by atoms with Crippen molar-refractivity contribution in [3.05, 3.63) is 22.4 Å². The Morgan fingerprint density at radius 3 is 2.71 bits per heavy atom. The van der Waals surface area contributed by atoms with Crippen molar-refractivity contribution in [3.63, 3.8) is 0 Å². The van der Waals surface area contributed by atoms with Gasteiger partial charge in [-0.2, -0.15) is 0 Å². The summed E-state index contributed by atoms with van der Waals surface area (Å²) in [6.45, 7) is 2.44. The molecule has 3 N–H and O–H groups in total. The van der Waals surface area contributed by atoms with Crippen LogP contribution >= 0.6 is 11.3 Å². The van der Waals surface area contributed by atoms with E-state index >= 15 is 0 Å². The summed E-state index contributed by atoms with van der Waals surface area (Å²) in [6.07, 6.45) is 1.66. The second-order valence-electron chi connectivity index (χ2n) is 4.62. The van der Waals surface area contributed by atoms with Crippen LogP contribution in [0.5, 0.6) is 0 Å². The van der Waals surface area contributed by atoms with E-state index in [0.29, 0.717) is 19.4 Å². The van der Waals surface area contributed by atoms with E-state index < -0.39 is 18.0 Å². The molecule has 0 spiro atoms. The third-order valence-corrected chi connectivity index (χ3v) is 4.03. The van der Waals surface area contributed by atoms with Crippen molar-refractivity contribution in [2.24, 2.45) is 0 Å². The van der Waals surface area contributed by atoms with Crippen LogP contribution in [-0.4, -0.2) is 36.9 Å². The molecular weight excluding hydrogens is 292 g/mol. The molecule has 1 aromatic rings. The highest BCUT2D eigenvalue weighted by molar-refractivity contribution is 7.10. The molecule has 0 saturated carbocycles. The summed E-state index contributed by atoms with van der Waals surface area (Å²) in [7, 11) is 1.56. The van der Waals surface area contributed by atoms with Gasteiger partial charge in [0, 0.05) is 18.6 Å². The molecule has 0 radical (unpaired) electrons. The average molecular weight is 314 g/mol. The number of carbonyl (C=O) groups is 2. The Kier molecular flexibility index (Phi) is 7.78. The minimum absolute atomic E-state index is 0.0987. The molecule has 1 heterocycles. The molecule has 0 saturated heterocycles. The van der Waals surface area contributed by atoms with E-state index in [4.69, 9.17) is 9.84 Å². The molecule has 1 aromatic heterocycles. The zero-order chi connectivity index (χ0) is 15.7. The molecule has 0 bridgehead atoms. The van der Waals surface area contributed by atoms with Crippen molar-refractivity contribution in [2.45, 2.75) is 38.3 Å². The highest BCUT2D eigenvalue weighted by atomic mass is 32.1. The maximum Gasteiger partial charge on any atom is 0.326 e. The number of amides is 2. The Bertz CT molecular complexity index is 436. The number of hydrogen-bond acceptors (Lipinski definition) is 4. The third-order valence-electron chi connectivity index (χ3n) is 3.04. The van der Waals surface area contributed by atoms with Crippen LogP contribution in [0.15, 0.2) is 17.5 Å². The molecular formula is C14H22N2O4S. The van der Waals surface area contributed by atoms with Gasteiger partial charge in [0.15, 0.2) is 0 Å². The first-order chi connectivity index (χ1) is 10.1. The molecule has 21 heavy (non-hydrogen) atoms. The Hall–Kier alpha value is -1.60. The topological polar surface area (TPSA) is 87.7 Å². The number of carboxylic acid groups (broad SMARTS) is 1. The zero-order valence-electron chi connectivity index (χ0n) is 12.3. The van der Waals surface area contributed by atoms with Gasteiger partial charge in [-0.3, -0.25) is 0 Å². The van der Waals surface area contributed by atoms with Gasteiger partial charge in [0.05, 0.1) is 6.04 Å². The van der Waals surface area contributed by atoms with Crippen molar-refractivity contribution < 1.29 is 19.4 Å². The van der Waals surface area contributed by atoms with Crippen molar-refractivity contribution in [3.8, 4) is 0 Å². The fourth-order valence-electron chi connectivity index (χ4n) is 1.91. The summed E-state index contributed by atoms with van der Waals surface area (Å²) in [5.41, 5.74) is 0. The molecule has 0 fully saturated rings. The Morgan fingerprint density at radius 2 is 2.19 bits per heavy atom. The number of rotatable bonds is 9. The predicted molar refractivity (Wildman–Crippen MR) is 81.6 cm³/mol. The molecule has 1 rings (SSSR count). The minimum atomic E-state index is -1.04. The standard InChI is InChI=1S/C14H22N2O4S/c1-3-10(12-7-5-9-21-12)15-14(19)16-11(13(17)18)6-4-8-20-2/h5,7,9-11H,3-4,6,8H2,1-2H3,(H,17,18)(H2,15,16,19). The molecule has 6 nitrogen and oxygen atoms in total. The van der Waals surface area contributed by atoms with Gasteiger partial charge < -0.3 is 20.5 Å². The Morgan fingerprint density at radius 1 is 1.43 bits per heavy atom. The Balaban J connectivity index is 2.50. The molecule has 0 aliphatic carbocycles. The summed E-state index contributed by atoms with van der Waals surface area (Å²) in [4.78, 5) is 24.1. The van der Waals surface area contributed by atoms with Crippen LogP contribution in [0.3, 0.4) is 0 Å². The first-order valence-corrected chi connectivity index (χ1v) is 7.78. The van der Waals surface area contributed by atoms with Crippen LogP contribution in [0.4, 0.5) is 4.79 Å². The van der Waals surface area contributed by atoms with Crippen molar-refractivity contribution in [1.29, 1.82) is 0 Å². The number of carbonyl (C=O) groups excluding carboxylic acids is 1. The fraction of sp³-hybridized carbons (Fsp3) is 0.571. The molecule has 2 atom stereocenters. The summed E-state index contributed by atoms with van der Waals surface area (Å²) in [6, 6.07) is 2.42. The largest absolute Gasteiger partial charge is 0.480 e. The predicted octanol–water partition coefficient (Wildman–Crippen LogP) is 2.38. The van der Waals surface area contributed by atoms with Crippen LogP contribution in [-0.2, 0) is 9.53 Å². The van der Waals surface area contributed by atoms with Crippen molar-refractivity contribution in [2.75, 3.05) is 13.7 Å². The summed E-state index contributed by atoms with van der Waals surface area (Å²) in [5, 5.41) is 16.4. The molecule has 0 aliphatic rings. The smallest absolute Gasteiger partial charge is 0.326 e. The van der Waals surface area contributed by atoms with E-state index in [-0.39, 0.29) is 6.04 Å². The van der Waals surface area contributed by atoms with Gasteiger partial charge in [-0.15, -0.1) is 11.3 Å². The van der Waals surface area contributed by atoms with E-state index in [9.17, 15) is 9.59 Å². The minimum Gasteiger partial charge on any atom is -0.480 e. The number of aliphatic carboxylic acids is 1. The lowest BCUT2D eigenvalue weighted by atomic mass is 10.1. The monoisotopic (exact) mass is 314 g/mol. The van der Waals surface area contributed by atoms with Gasteiger partial charge in [0.1, 0.15) is 6.04 Å². The van der Waals surface area contributed by atoms with Gasteiger partial charge >= 0.3 is 12.0 Å². The number of ether oxygens (including phenoxy) is 1. The van der Waals surface area contributed by atoms with Crippen molar-refractivity contribution >= 4 is 23.3 Å². The fourth-order valence-corrected chi connectivity index (χ4v) is 2.77. The number of urea groups is 1. The normalized spacial score (nSPS) is 13.4. The maximum absolute atomic E-state index is 11.9. The van der Waals surface area contributed by atoms with Gasteiger partial charge in [0.25, 0.3) is 0 Å². The summed E-state index contributed by atoms with van der Waals surface area (Å²) < 4.78 is 4.89. The van der Waals surface area contributed by atoms with Gasteiger partial charge in [0.2, 0.25) is 0 Å². The van der Waals surface area contributed by atoms with Crippen LogP contribution < -0.4 is 10.6 Å². The lowest BCUT2D eigenvalue weighted by Crippen LogP contribution is -2.46. The van der Waals surface area contributed by atoms with Gasteiger partial charge in [-0.05, 0) is 30.7 Å². The number of hydrogen-bond donors (Lipinski definition) is 3. The van der Waals surface area contributed by atoms with E-state index in [0.717, 1.165) is 11.3 Å². The van der Waals surface area contributed by atoms with Crippen LogP contribution in [0.2, 0.25) is 0 Å². The molecule has 0 aliphatic heterocycles. The zero-order valence-corrected chi connectivity index (χ0v) is 13.1. The number of carboxylic acids is 1. The highest BCUT2D eigenvalue weighted by Gasteiger charge is 2.21. The molecule has 2 unspecified atom stereocenters. The van der Waals surface area contributed by atoms with Gasteiger partial charge in [-0.1, -0.05) is 13.0 Å². The number of nitrogens with one attached hydrogen (secondary N) is 2. The summed E-state index contributed by atoms with van der Waals surface area (Å²) in [5.74, 6) is -1.04. The average Bonchev–Trinajstić information content (AvgIpc) is 2.97. The summed E-state index contributed by atoms with van der Waals surface area (Å²) >= 11 is 1.56. The first-order valence-electron chi connectivity index (χ1n) is 6.90. The quantitative estimate of drug-likeness (QED) is 0.611. The van der Waals surface area contributed by atoms with E-state index in [2.05, 4.69) is 10.6 Å². The van der Waals surface area contributed by atoms with Gasteiger partial charge in [-0.25, -0.2) is 9.59 Å². The van der Waals surface area contributed by atoms with Crippen LogP contribution in [0.25, 0.3) is 0 Å². The Labute approximate surface area is 128 Å². The second kappa shape index (κ2) is 9.36. The number of methoxy groups -OCH3 is 1. The third kappa shape index (κ3) is 6.14. The number of thiophene rings is 1. The van der Waals surface area contributed by atoms with Crippen molar-refractivity contribution in [1.82, 2.24) is 10.6 Å². The highest BCUT2D eigenvalue weighted by Crippen LogP contribution is 2.21. The SMILES string of the molecule is CCC(NC(=O)NC(CCCOC)C(=O)O)c1cccs1. The van der Waals surface area contributed by atoms with E-state index in [1.165, 1.54) is 0 Å². The van der Waals surface area contributed by atoms with E-state index in [1.807, 2.05) is 24.4 Å². The van der Waals surface area contributed by atoms with E-state index in [1.54, 1.807) is 18.4 Å². The molecule has 2 amide bonds. The molecule has 118 valence electrons.